The zero-order chi connectivity index (χ0) is 20.1. The summed E-state index contributed by atoms with van der Waals surface area (Å²) in [6.07, 6.45) is -1.92. The van der Waals surface area contributed by atoms with Crippen LogP contribution in [0.5, 0.6) is 0 Å². The first-order valence-corrected chi connectivity index (χ1v) is 9.67. The van der Waals surface area contributed by atoms with E-state index in [0.717, 1.165) is 18.9 Å². The lowest BCUT2D eigenvalue weighted by atomic mass is 9.92. The molecule has 28 heavy (non-hydrogen) atoms. The molecule has 1 aromatic rings. The summed E-state index contributed by atoms with van der Waals surface area (Å²) in [5.74, 6) is -0.382. The summed E-state index contributed by atoms with van der Waals surface area (Å²) in [7, 11) is 0. The number of halogens is 3. The number of rotatable bonds is 4. The Kier molecular flexibility index (Phi) is 6.59. The first-order chi connectivity index (χ1) is 13.4. The lowest BCUT2D eigenvalue weighted by Crippen LogP contribution is -2.42. The zero-order valence-electron chi connectivity index (χ0n) is 15.7. The van der Waals surface area contributed by atoms with Gasteiger partial charge in [0.05, 0.1) is 24.3 Å². The van der Waals surface area contributed by atoms with Gasteiger partial charge in [-0.2, -0.15) is 13.2 Å². The molecule has 3 rings (SSSR count). The second-order valence-electron chi connectivity index (χ2n) is 7.33. The Labute approximate surface area is 162 Å². The Morgan fingerprint density at radius 3 is 2.50 bits per heavy atom. The molecule has 2 aliphatic rings. The number of likely N-dealkylation sites (tertiary alicyclic amines) is 1. The van der Waals surface area contributed by atoms with E-state index in [0.29, 0.717) is 52.2 Å². The summed E-state index contributed by atoms with van der Waals surface area (Å²) in [6.45, 7) is 3.14. The molecular weight excluding hydrogens is 373 g/mol. The molecular formula is C20H25F3N2O3. The largest absolute Gasteiger partial charge is 0.417 e. The van der Waals surface area contributed by atoms with Gasteiger partial charge in [-0.05, 0) is 37.3 Å². The maximum absolute atomic E-state index is 13.2. The fourth-order valence-corrected chi connectivity index (χ4v) is 3.87. The third kappa shape index (κ3) is 5.04. The molecule has 0 spiro atoms. The van der Waals surface area contributed by atoms with Gasteiger partial charge < -0.3 is 14.5 Å². The molecule has 2 saturated heterocycles. The highest BCUT2D eigenvalue weighted by Crippen LogP contribution is 2.33. The Morgan fingerprint density at radius 1 is 1.07 bits per heavy atom. The lowest BCUT2D eigenvalue weighted by molar-refractivity contribution is -0.138. The third-order valence-electron chi connectivity index (χ3n) is 5.40. The Bertz CT molecular complexity index is 702. The summed E-state index contributed by atoms with van der Waals surface area (Å²) in [5.41, 5.74) is -1.20. The van der Waals surface area contributed by atoms with E-state index in [1.165, 1.54) is 23.1 Å². The lowest BCUT2D eigenvalue weighted by Gasteiger charge is -2.34. The summed E-state index contributed by atoms with van der Waals surface area (Å²) < 4.78 is 44.9. The molecule has 0 aromatic heterocycles. The van der Waals surface area contributed by atoms with Crippen LogP contribution < -0.4 is 0 Å². The van der Waals surface area contributed by atoms with Crippen molar-refractivity contribution in [3.05, 3.63) is 35.4 Å². The smallest absolute Gasteiger partial charge is 0.378 e. The number of alkyl halides is 3. The molecule has 5 nitrogen and oxygen atoms in total. The van der Waals surface area contributed by atoms with Gasteiger partial charge in [0.2, 0.25) is 5.91 Å². The third-order valence-corrected chi connectivity index (χ3v) is 5.40. The normalized spacial score (nSPS) is 20.9. The number of carbonyl (C=O) groups excluding carboxylic acids is 2. The molecule has 1 aromatic carbocycles. The summed E-state index contributed by atoms with van der Waals surface area (Å²) in [4.78, 5) is 28.3. The fourth-order valence-electron chi connectivity index (χ4n) is 3.87. The van der Waals surface area contributed by atoms with Crippen molar-refractivity contribution < 1.29 is 27.5 Å². The molecule has 154 valence electrons. The van der Waals surface area contributed by atoms with Gasteiger partial charge in [0.1, 0.15) is 0 Å². The molecule has 0 aliphatic carbocycles. The minimum atomic E-state index is -4.56. The van der Waals surface area contributed by atoms with Crippen LogP contribution in [0.3, 0.4) is 0 Å². The van der Waals surface area contributed by atoms with Crippen molar-refractivity contribution in [1.29, 1.82) is 0 Å². The van der Waals surface area contributed by atoms with Crippen LogP contribution in [0, 0.1) is 5.92 Å². The molecule has 0 N–H and O–H groups in total. The summed E-state index contributed by atoms with van der Waals surface area (Å²) in [6, 6.07) is 4.91. The minimum Gasteiger partial charge on any atom is -0.378 e. The molecule has 0 bridgehead atoms. The van der Waals surface area contributed by atoms with Gasteiger partial charge in [0.15, 0.2) is 0 Å². The predicted molar refractivity (Wildman–Crippen MR) is 96.7 cm³/mol. The summed E-state index contributed by atoms with van der Waals surface area (Å²) >= 11 is 0. The Hall–Kier alpha value is -2.09. The van der Waals surface area contributed by atoms with Gasteiger partial charge in [-0.3, -0.25) is 9.59 Å². The van der Waals surface area contributed by atoms with E-state index < -0.39 is 17.6 Å². The van der Waals surface area contributed by atoms with Gasteiger partial charge in [-0.15, -0.1) is 0 Å². The molecule has 0 radical (unpaired) electrons. The van der Waals surface area contributed by atoms with E-state index >= 15 is 0 Å². The molecule has 0 unspecified atom stereocenters. The molecule has 1 atom stereocenters. The molecule has 2 amide bonds. The van der Waals surface area contributed by atoms with E-state index in [1.807, 2.05) is 0 Å². The number of morpholine rings is 1. The van der Waals surface area contributed by atoms with E-state index in [-0.39, 0.29) is 17.4 Å². The Morgan fingerprint density at radius 2 is 1.79 bits per heavy atom. The van der Waals surface area contributed by atoms with Crippen LogP contribution in [0.4, 0.5) is 13.2 Å². The molecule has 2 aliphatic heterocycles. The number of hydrogen-bond acceptors (Lipinski definition) is 3. The van der Waals surface area contributed by atoms with Gasteiger partial charge in [0, 0.05) is 32.6 Å². The average molecular weight is 398 g/mol. The standard InChI is InChI=1S/C20H25F3N2O3/c21-20(22,23)17-6-2-1-5-16(17)19(27)25-9-3-4-15(14-25)7-8-18(26)24-10-12-28-13-11-24/h1-2,5-6,15H,3-4,7-14H2/t15-/m0/s1. The quantitative estimate of drug-likeness (QED) is 0.783. The Balaban J connectivity index is 1.59. The predicted octanol–water partition coefficient (Wildman–Crippen LogP) is 3.20. The van der Waals surface area contributed by atoms with E-state index in [1.54, 1.807) is 4.90 Å². The highest BCUT2D eigenvalue weighted by atomic mass is 19.4. The number of ether oxygens (including phenoxy) is 1. The van der Waals surface area contributed by atoms with Crippen LogP contribution in [-0.2, 0) is 15.7 Å². The number of nitrogens with zero attached hydrogens (tertiary/aromatic N) is 2. The van der Waals surface area contributed by atoms with Crippen LogP contribution in [0.2, 0.25) is 0 Å². The number of amides is 2. The SMILES string of the molecule is O=C(CC[C@@H]1CCCN(C(=O)c2ccccc2C(F)(F)F)C1)N1CCOCC1. The maximum Gasteiger partial charge on any atom is 0.417 e. The minimum absolute atomic E-state index is 0.0779. The average Bonchev–Trinajstić information content (AvgIpc) is 2.71. The van der Waals surface area contributed by atoms with Crippen LogP contribution in [0.15, 0.2) is 24.3 Å². The second-order valence-corrected chi connectivity index (χ2v) is 7.33. The molecule has 0 saturated carbocycles. The van der Waals surface area contributed by atoms with E-state index in [9.17, 15) is 22.8 Å². The first kappa shape index (κ1) is 20.6. The van der Waals surface area contributed by atoms with Crippen molar-refractivity contribution in [2.24, 2.45) is 5.92 Å². The van der Waals surface area contributed by atoms with Crippen molar-refractivity contribution in [3.8, 4) is 0 Å². The van der Waals surface area contributed by atoms with Gasteiger partial charge >= 0.3 is 6.18 Å². The van der Waals surface area contributed by atoms with Crippen molar-refractivity contribution in [1.82, 2.24) is 9.80 Å². The van der Waals surface area contributed by atoms with Gasteiger partial charge in [0.25, 0.3) is 5.91 Å². The molecule has 2 heterocycles. The molecule has 2 fully saturated rings. The monoisotopic (exact) mass is 398 g/mol. The first-order valence-electron chi connectivity index (χ1n) is 9.67. The number of piperidine rings is 1. The fraction of sp³-hybridized carbons (Fsp3) is 0.600. The maximum atomic E-state index is 13.2. The number of benzene rings is 1. The van der Waals surface area contributed by atoms with E-state index in [2.05, 4.69) is 0 Å². The zero-order valence-corrected chi connectivity index (χ0v) is 15.7. The van der Waals surface area contributed by atoms with E-state index in [4.69, 9.17) is 4.74 Å². The topological polar surface area (TPSA) is 49.9 Å². The van der Waals surface area contributed by atoms with Crippen molar-refractivity contribution in [3.63, 3.8) is 0 Å². The number of carbonyl (C=O) groups is 2. The van der Waals surface area contributed by atoms with Crippen LogP contribution in [0.1, 0.15) is 41.6 Å². The van der Waals surface area contributed by atoms with Crippen LogP contribution in [0.25, 0.3) is 0 Å². The molecule has 8 heteroatoms. The van der Waals surface area contributed by atoms with Crippen molar-refractivity contribution in [2.45, 2.75) is 31.9 Å². The summed E-state index contributed by atoms with van der Waals surface area (Å²) in [5, 5.41) is 0. The van der Waals surface area contributed by atoms with Crippen molar-refractivity contribution >= 4 is 11.8 Å². The van der Waals surface area contributed by atoms with Gasteiger partial charge in [-0.25, -0.2) is 0 Å². The van der Waals surface area contributed by atoms with Crippen LogP contribution in [-0.4, -0.2) is 61.0 Å². The van der Waals surface area contributed by atoms with Gasteiger partial charge in [-0.1, -0.05) is 12.1 Å². The highest BCUT2D eigenvalue weighted by molar-refractivity contribution is 5.96. The van der Waals surface area contributed by atoms with Crippen molar-refractivity contribution in [2.75, 3.05) is 39.4 Å². The number of hydrogen-bond donors (Lipinski definition) is 0. The second kappa shape index (κ2) is 8.94. The van der Waals surface area contributed by atoms with Crippen LogP contribution >= 0.6 is 0 Å². The highest BCUT2D eigenvalue weighted by Gasteiger charge is 2.36.